The first kappa shape index (κ1) is 11.2. The number of rotatable bonds is 1. The van der Waals surface area contributed by atoms with Crippen LogP contribution in [-0.4, -0.2) is 0 Å². The molecule has 0 saturated heterocycles. The normalized spacial score (nSPS) is 9.21. The summed E-state index contributed by atoms with van der Waals surface area (Å²) in [7, 11) is 0. The van der Waals surface area contributed by atoms with Crippen molar-refractivity contribution in [1.82, 2.24) is 0 Å². The van der Waals surface area contributed by atoms with Gasteiger partial charge in [0, 0.05) is 28.7 Å². The third-order valence-corrected chi connectivity index (χ3v) is 2.37. The summed E-state index contributed by atoms with van der Waals surface area (Å²) in [5, 5.41) is 0. The second-order valence-corrected chi connectivity index (χ2v) is 3.67. The predicted octanol–water partition coefficient (Wildman–Crippen LogP) is -0.270. The molecule has 3 heteroatoms. The van der Waals surface area contributed by atoms with Gasteiger partial charge in [-0.1, -0.05) is 22.0 Å². The SMILES string of the molecule is Brc1ccc(-[n+]2ccccc2)cc1.[Cl-]. The quantitative estimate of drug-likeness (QED) is 0.628. The number of hydrogen-bond acceptors (Lipinski definition) is 0. The molecule has 1 heterocycles. The number of benzene rings is 1. The van der Waals surface area contributed by atoms with Gasteiger partial charge in [0.25, 0.3) is 0 Å². The van der Waals surface area contributed by atoms with E-state index < -0.39 is 0 Å². The molecule has 0 radical (unpaired) electrons. The van der Waals surface area contributed by atoms with Crippen LogP contribution in [0.5, 0.6) is 0 Å². The molecule has 0 aliphatic heterocycles. The van der Waals surface area contributed by atoms with Gasteiger partial charge >= 0.3 is 0 Å². The number of hydrogen-bond donors (Lipinski definition) is 0. The maximum absolute atomic E-state index is 3.41. The molecule has 1 nitrogen and oxygen atoms in total. The van der Waals surface area contributed by atoms with Gasteiger partial charge < -0.3 is 12.4 Å². The second-order valence-electron chi connectivity index (χ2n) is 2.76. The summed E-state index contributed by atoms with van der Waals surface area (Å²) in [6.07, 6.45) is 4.06. The van der Waals surface area contributed by atoms with Crippen molar-refractivity contribution >= 4 is 15.9 Å². The third-order valence-electron chi connectivity index (χ3n) is 1.84. The summed E-state index contributed by atoms with van der Waals surface area (Å²) in [6.45, 7) is 0. The van der Waals surface area contributed by atoms with Crippen molar-refractivity contribution in [3.8, 4) is 5.69 Å². The fourth-order valence-electron chi connectivity index (χ4n) is 1.18. The lowest BCUT2D eigenvalue weighted by Crippen LogP contribution is -3.00. The van der Waals surface area contributed by atoms with E-state index in [4.69, 9.17) is 0 Å². The van der Waals surface area contributed by atoms with E-state index in [1.54, 1.807) is 0 Å². The molecule has 0 N–H and O–H groups in total. The van der Waals surface area contributed by atoms with E-state index in [9.17, 15) is 0 Å². The minimum Gasteiger partial charge on any atom is -1.00 e. The lowest BCUT2D eigenvalue weighted by molar-refractivity contribution is -0.595. The standard InChI is InChI=1S/C11H9BrN.ClH/c12-10-4-6-11(7-5-10)13-8-2-1-3-9-13;/h1-9H;1H/q+1;/p-1. The summed E-state index contributed by atoms with van der Waals surface area (Å²) in [6, 6.07) is 14.3. The maximum Gasteiger partial charge on any atom is 0.210 e. The van der Waals surface area contributed by atoms with E-state index in [0.29, 0.717) is 0 Å². The van der Waals surface area contributed by atoms with Crippen LogP contribution in [0.15, 0.2) is 59.3 Å². The molecule has 2 aromatic rings. The van der Waals surface area contributed by atoms with Crippen LogP contribution in [0.1, 0.15) is 0 Å². The molecule has 72 valence electrons. The lowest BCUT2D eigenvalue weighted by Gasteiger charge is -1.94. The van der Waals surface area contributed by atoms with Crippen molar-refractivity contribution in [3.63, 3.8) is 0 Å². The van der Waals surface area contributed by atoms with Crippen LogP contribution in [0.2, 0.25) is 0 Å². The molecule has 0 amide bonds. The molecule has 1 aromatic heterocycles. The first-order valence-electron chi connectivity index (χ1n) is 4.08. The number of pyridine rings is 1. The van der Waals surface area contributed by atoms with Crippen LogP contribution in [-0.2, 0) is 0 Å². The van der Waals surface area contributed by atoms with Crippen molar-refractivity contribution in [1.29, 1.82) is 0 Å². The minimum absolute atomic E-state index is 0. The molecule has 1 aromatic carbocycles. The van der Waals surface area contributed by atoms with Crippen LogP contribution in [0.25, 0.3) is 5.69 Å². The molecule has 0 bridgehead atoms. The second kappa shape index (κ2) is 5.13. The van der Waals surface area contributed by atoms with E-state index in [0.717, 1.165) is 4.47 Å². The predicted molar refractivity (Wildman–Crippen MR) is 55.7 cm³/mol. The van der Waals surface area contributed by atoms with Gasteiger partial charge in [-0.25, -0.2) is 0 Å². The summed E-state index contributed by atoms with van der Waals surface area (Å²) in [5.41, 5.74) is 1.17. The minimum atomic E-state index is 0. The molecular formula is C11H9BrClN. The monoisotopic (exact) mass is 269 g/mol. The van der Waals surface area contributed by atoms with E-state index >= 15 is 0 Å². The van der Waals surface area contributed by atoms with Crippen LogP contribution < -0.4 is 17.0 Å². The Kier molecular flexibility index (Phi) is 4.11. The maximum atomic E-state index is 3.41. The Morgan fingerprint density at radius 1 is 0.857 bits per heavy atom. The molecule has 14 heavy (non-hydrogen) atoms. The highest BCUT2D eigenvalue weighted by Crippen LogP contribution is 2.09. The summed E-state index contributed by atoms with van der Waals surface area (Å²) in [5.74, 6) is 0. The molecule has 0 unspecified atom stereocenters. The van der Waals surface area contributed by atoms with Crippen LogP contribution >= 0.6 is 15.9 Å². The Morgan fingerprint density at radius 2 is 1.43 bits per heavy atom. The smallest absolute Gasteiger partial charge is 0.210 e. The fraction of sp³-hybridized carbons (Fsp3) is 0. The zero-order chi connectivity index (χ0) is 9.10. The Hall–Kier alpha value is -0.860. The molecule has 0 atom stereocenters. The van der Waals surface area contributed by atoms with Gasteiger partial charge in [0.15, 0.2) is 12.4 Å². The third kappa shape index (κ3) is 2.56. The van der Waals surface area contributed by atoms with Crippen molar-refractivity contribution in [2.75, 3.05) is 0 Å². The van der Waals surface area contributed by atoms with Crippen molar-refractivity contribution in [2.24, 2.45) is 0 Å². The van der Waals surface area contributed by atoms with Crippen LogP contribution in [0, 0.1) is 0 Å². The van der Waals surface area contributed by atoms with Gasteiger partial charge in [-0.3, -0.25) is 0 Å². The van der Waals surface area contributed by atoms with Gasteiger partial charge in [-0.15, -0.1) is 0 Å². The van der Waals surface area contributed by atoms with E-state index in [1.165, 1.54) is 5.69 Å². The highest BCUT2D eigenvalue weighted by molar-refractivity contribution is 9.10. The molecule has 0 aliphatic rings. The average Bonchev–Trinajstić information content (AvgIpc) is 2.20. The van der Waals surface area contributed by atoms with Gasteiger partial charge in [-0.05, 0) is 12.1 Å². The molecule has 0 aliphatic carbocycles. The van der Waals surface area contributed by atoms with Crippen LogP contribution in [0.3, 0.4) is 0 Å². The Balaban J connectivity index is 0.000000980. The van der Waals surface area contributed by atoms with Gasteiger partial charge in [0.2, 0.25) is 5.69 Å². The Bertz CT molecular complexity index is 386. The van der Waals surface area contributed by atoms with Crippen LogP contribution in [0.4, 0.5) is 0 Å². The Morgan fingerprint density at radius 3 is 2.00 bits per heavy atom. The highest BCUT2D eigenvalue weighted by Gasteiger charge is 2.01. The van der Waals surface area contributed by atoms with Crippen molar-refractivity contribution in [3.05, 3.63) is 59.3 Å². The summed E-state index contributed by atoms with van der Waals surface area (Å²) >= 11 is 3.41. The molecule has 0 spiro atoms. The largest absolute Gasteiger partial charge is 1.00 e. The van der Waals surface area contributed by atoms with Gasteiger partial charge in [-0.2, -0.15) is 4.57 Å². The van der Waals surface area contributed by atoms with E-state index in [1.807, 2.05) is 42.7 Å². The number of nitrogens with zero attached hydrogens (tertiary/aromatic N) is 1. The molecule has 0 fully saturated rings. The van der Waals surface area contributed by atoms with E-state index in [2.05, 4.69) is 32.6 Å². The molecular weight excluding hydrogens is 261 g/mol. The number of aromatic nitrogens is 1. The first-order valence-corrected chi connectivity index (χ1v) is 4.88. The highest BCUT2D eigenvalue weighted by atomic mass is 79.9. The fourth-order valence-corrected chi connectivity index (χ4v) is 1.45. The number of halogens is 2. The molecule has 2 rings (SSSR count). The van der Waals surface area contributed by atoms with Gasteiger partial charge in [0.05, 0.1) is 0 Å². The zero-order valence-electron chi connectivity index (χ0n) is 7.40. The summed E-state index contributed by atoms with van der Waals surface area (Å²) < 4.78 is 3.18. The van der Waals surface area contributed by atoms with E-state index in [-0.39, 0.29) is 12.4 Å². The summed E-state index contributed by atoms with van der Waals surface area (Å²) in [4.78, 5) is 0. The van der Waals surface area contributed by atoms with Crippen molar-refractivity contribution in [2.45, 2.75) is 0 Å². The van der Waals surface area contributed by atoms with Gasteiger partial charge in [0.1, 0.15) is 0 Å². The lowest BCUT2D eigenvalue weighted by atomic mass is 10.3. The topological polar surface area (TPSA) is 3.88 Å². The van der Waals surface area contributed by atoms with Crippen molar-refractivity contribution < 1.29 is 17.0 Å². The molecule has 0 saturated carbocycles. The average molecular weight is 271 g/mol. The zero-order valence-corrected chi connectivity index (χ0v) is 9.74. The first-order chi connectivity index (χ1) is 6.36. The Labute approximate surface area is 97.9 Å².